The van der Waals surface area contributed by atoms with Crippen LogP contribution in [-0.2, 0) is 16.0 Å². The van der Waals surface area contributed by atoms with E-state index in [1.165, 1.54) is 12.8 Å². The van der Waals surface area contributed by atoms with Crippen molar-refractivity contribution in [2.45, 2.75) is 38.5 Å². The Kier molecular flexibility index (Phi) is 5.12. The van der Waals surface area contributed by atoms with E-state index < -0.39 is 0 Å². The van der Waals surface area contributed by atoms with Gasteiger partial charge < -0.3 is 24.3 Å². The molecule has 1 aromatic heterocycles. The van der Waals surface area contributed by atoms with E-state index >= 15 is 0 Å². The number of nitrogens with one attached hydrogen (secondary N) is 1. The molecule has 0 unspecified atom stereocenters. The van der Waals surface area contributed by atoms with E-state index in [1.807, 2.05) is 11.5 Å². The highest BCUT2D eigenvalue weighted by Gasteiger charge is 2.35. The summed E-state index contributed by atoms with van der Waals surface area (Å²) in [5.74, 6) is 1.33. The van der Waals surface area contributed by atoms with E-state index in [-0.39, 0.29) is 18.2 Å². The second-order valence-electron chi connectivity index (χ2n) is 6.13. The predicted molar refractivity (Wildman–Crippen MR) is 82.9 cm³/mol. The summed E-state index contributed by atoms with van der Waals surface area (Å²) >= 11 is 0. The van der Waals surface area contributed by atoms with E-state index in [0.717, 1.165) is 12.4 Å². The zero-order valence-corrected chi connectivity index (χ0v) is 13.8. The smallest absolute Gasteiger partial charge is 0.317 e. The van der Waals surface area contributed by atoms with Crippen LogP contribution in [0.25, 0.3) is 0 Å². The van der Waals surface area contributed by atoms with Crippen molar-refractivity contribution in [1.29, 1.82) is 0 Å². The minimum Gasteiger partial charge on any atom is -0.383 e. The number of aryl methyl sites for hydroxylation is 1. The maximum atomic E-state index is 12.5. The van der Waals surface area contributed by atoms with Gasteiger partial charge in [-0.25, -0.2) is 4.79 Å². The van der Waals surface area contributed by atoms with E-state index in [9.17, 15) is 4.79 Å². The molecule has 2 fully saturated rings. The minimum atomic E-state index is -0.223. The van der Waals surface area contributed by atoms with Crippen LogP contribution in [-0.4, -0.2) is 65.2 Å². The van der Waals surface area contributed by atoms with Crippen LogP contribution in [0.5, 0.6) is 0 Å². The van der Waals surface area contributed by atoms with Gasteiger partial charge in [0.15, 0.2) is 5.82 Å². The largest absolute Gasteiger partial charge is 0.383 e. The molecule has 8 nitrogen and oxygen atoms in total. The van der Waals surface area contributed by atoms with Gasteiger partial charge in [0.2, 0.25) is 0 Å². The fourth-order valence-corrected chi connectivity index (χ4v) is 2.97. The van der Waals surface area contributed by atoms with Gasteiger partial charge in [-0.1, -0.05) is 0 Å². The molecule has 2 atom stereocenters. The van der Waals surface area contributed by atoms with E-state index in [1.54, 1.807) is 18.3 Å². The van der Waals surface area contributed by atoms with Gasteiger partial charge in [0.25, 0.3) is 0 Å². The molecule has 0 radical (unpaired) electrons. The normalized spacial score (nSPS) is 22.9. The zero-order valence-electron chi connectivity index (χ0n) is 13.8. The predicted octanol–water partition coefficient (Wildman–Crippen LogP) is 0.806. The van der Waals surface area contributed by atoms with Crippen molar-refractivity contribution in [1.82, 2.24) is 25.0 Å². The molecule has 0 aromatic carbocycles. The topological polar surface area (TPSA) is 81.5 Å². The molecule has 1 N–H and O–H groups in total. The summed E-state index contributed by atoms with van der Waals surface area (Å²) in [6.07, 6.45) is 3.80. The number of amides is 2. The first-order valence-corrected chi connectivity index (χ1v) is 8.26. The Morgan fingerprint density at radius 2 is 2.39 bits per heavy atom. The van der Waals surface area contributed by atoms with Crippen molar-refractivity contribution in [3.05, 3.63) is 12.2 Å². The summed E-state index contributed by atoms with van der Waals surface area (Å²) < 4.78 is 13.0. The average molecular weight is 323 g/mol. The summed E-state index contributed by atoms with van der Waals surface area (Å²) in [6.45, 7) is 4.97. The molecule has 2 amide bonds. The molecular formula is C15H25N5O3. The molecule has 1 aliphatic heterocycles. The standard InChI is InChI=1S/C15H25N5O3/c1-3-19-10-16-18-14(19)13-8-20(6-7-23-13)15(21)17-12(9-22-2)11-4-5-11/h10-13H,3-9H2,1-2H3,(H,17,21)/t12-,13+/m0/s1. The molecule has 1 aromatic rings. The van der Waals surface area contributed by atoms with E-state index in [2.05, 4.69) is 15.5 Å². The maximum Gasteiger partial charge on any atom is 0.317 e. The molecule has 2 heterocycles. The lowest BCUT2D eigenvalue weighted by atomic mass is 10.2. The SMILES string of the molecule is CCn1cnnc1[C@H]1CN(C(=O)N[C@@H](COC)C2CC2)CCO1. The van der Waals surface area contributed by atoms with E-state index in [0.29, 0.717) is 32.2 Å². The molecule has 1 aliphatic carbocycles. The molecule has 0 spiro atoms. The number of ether oxygens (including phenoxy) is 2. The number of urea groups is 1. The van der Waals surface area contributed by atoms with E-state index in [4.69, 9.17) is 9.47 Å². The molecule has 0 bridgehead atoms. The quantitative estimate of drug-likeness (QED) is 0.838. The highest BCUT2D eigenvalue weighted by atomic mass is 16.5. The molecular weight excluding hydrogens is 298 g/mol. The molecule has 2 aliphatic rings. The van der Waals surface area contributed by atoms with Crippen molar-refractivity contribution in [3.8, 4) is 0 Å². The summed E-state index contributed by atoms with van der Waals surface area (Å²) in [5, 5.41) is 11.2. The van der Waals surface area contributed by atoms with Crippen LogP contribution in [0.2, 0.25) is 0 Å². The summed E-state index contributed by atoms with van der Waals surface area (Å²) in [6, 6.07) is 0.0582. The van der Waals surface area contributed by atoms with Crippen molar-refractivity contribution in [2.24, 2.45) is 5.92 Å². The number of rotatable bonds is 6. The molecule has 8 heteroatoms. The Hall–Kier alpha value is -1.67. The second kappa shape index (κ2) is 7.27. The van der Waals surface area contributed by atoms with Gasteiger partial charge in [-0.3, -0.25) is 0 Å². The van der Waals surface area contributed by atoms with Crippen LogP contribution < -0.4 is 5.32 Å². The highest BCUT2D eigenvalue weighted by Crippen LogP contribution is 2.33. The molecule has 23 heavy (non-hydrogen) atoms. The van der Waals surface area contributed by atoms with Gasteiger partial charge in [-0.05, 0) is 25.7 Å². The Labute approximate surface area is 136 Å². The zero-order chi connectivity index (χ0) is 16.2. The first-order valence-electron chi connectivity index (χ1n) is 8.26. The Morgan fingerprint density at radius 1 is 1.57 bits per heavy atom. The Bertz CT molecular complexity index is 531. The monoisotopic (exact) mass is 323 g/mol. The van der Waals surface area contributed by atoms with Gasteiger partial charge in [-0.2, -0.15) is 0 Å². The fourth-order valence-electron chi connectivity index (χ4n) is 2.97. The van der Waals surface area contributed by atoms with Crippen molar-refractivity contribution < 1.29 is 14.3 Å². The van der Waals surface area contributed by atoms with Crippen LogP contribution in [0.15, 0.2) is 6.33 Å². The fraction of sp³-hybridized carbons (Fsp3) is 0.800. The maximum absolute atomic E-state index is 12.5. The average Bonchev–Trinajstić information content (AvgIpc) is 3.31. The summed E-state index contributed by atoms with van der Waals surface area (Å²) in [7, 11) is 1.67. The number of hydrogen-bond acceptors (Lipinski definition) is 5. The third-order valence-corrected chi connectivity index (χ3v) is 4.47. The first-order chi connectivity index (χ1) is 11.2. The summed E-state index contributed by atoms with van der Waals surface area (Å²) in [5.41, 5.74) is 0. The van der Waals surface area contributed by atoms with Crippen LogP contribution >= 0.6 is 0 Å². The van der Waals surface area contributed by atoms with Crippen LogP contribution in [0, 0.1) is 5.92 Å². The van der Waals surface area contributed by atoms with Gasteiger partial charge >= 0.3 is 6.03 Å². The lowest BCUT2D eigenvalue weighted by Crippen LogP contribution is -2.51. The number of methoxy groups -OCH3 is 1. The lowest BCUT2D eigenvalue weighted by molar-refractivity contribution is -0.0225. The Balaban J connectivity index is 1.60. The van der Waals surface area contributed by atoms with Crippen molar-refractivity contribution in [2.75, 3.05) is 33.4 Å². The van der Waals surface area contributed by atoms with Gasteiger partial charge in [-0.15, -0.1) is 10.2 Å². The molecule has 1 saturated carbocycles. The molecule has 3 rings (SSSR count). The van der Waals surface area contributed by atoms with Crippen LogP contribution in [0.3, 0.4) is 0 Å². The minimum absolute atomic E-state index is 0.0465. The number of morpholine rings is 1. The number of carbonyl (C=O) groups excluding carboxylic acids is 1. The molecule has 128 valence electrons. The Morgan fingerprint density at radius 3 is 3.09 bits per heavy atom. The second-order valence-corrected chi connectivity index (χ2v) is 6.13. The highest BCUT2D eigenvalue weighted by molar-refractivity contribution is 5.74. The summed E-state index contributed by atoms with van der Waals surface area (Å²) in [4.78, 5) is 14.3. The first kappa shape index (κ1) is 16.2. The number of nitrogens with zero attached hydrogens (tertiary/aromatic N) is 4. The molecule has 1 saturated heterocycles. The van der Waals surface area contributed by atoms with Crippen molar-refractivity contribution >= 4 is 6.03 Å². The van der Waals surface area contributed by atoms with Crippen molar-refractivity contribution in [3.63, 3.8) is 0 Å². The lowest BCUT2D eigenvalue weighted by Gasteiger charge is -2.33. The number of aromatic nitrogens is 3. The van der Waals surface area contributed by atoms with Crippen LogP contribution in [0.4, 0.5) is 4.79 Å². The van der Waals surface area contributed by atoms with Crippen LogP contribution in [0.1, 0.15) is 31.7 Å². The third-order valence-electron chi connectivity index (χ3n) is 4.47. The van der Waals surface area contributed by atoms with Gasteiger partial charge in [0.05, 0.1) is 25.8 Å². The van der Waals surface area contributed by atoms with Gasteiger partial charge in [0, 0.05) is 20.2 Å². The number of carbonyl (C=O) groups is 1. The van der Waals surface area contributed by atoms with Gasteiger partial charge in [0.1, 0.15) is 12.4 Å². The third kappa shape index (κ3) is 3.81. The number of hydrogen-bond donors (Lipinski definition) is 1.